The summed E-state index contributed by atoms with van der Waals surface area (Å²) in [7, 11) is -2.56. The predicted molar refractivity (Wildman–Crippen MR) is 119 cm³/mol. The molecule has 2 N–H and O–H groups in total. The topological polar surface area (TPSA) is 111 Å². The highest BCUT2D eigenvalue weighted by molar-refractivity contribution is 7.92. The molecule has 0 spiro atoms. The minimum Gasteiger partial charge on any atom is -0.495 e. The van der Waals surface area contributed by atoms with Gasteiger partial charge in [-0.1, -0.05) is 37.2 Å². The van der Waals surface area contributed by atoms with Gasteiger partial charge >= 0.3 is 0 Å². The van der Waals surface area contributed by atoms with Crippen LogP contribution in [0.4, 0.5) is 11.6 Å². The highest BCUT2D eigenvalue weighted by Crippen LogP contribution is 2.36. The molecule has 0 aliphatic rings. The molecule has 3 aromatic rings. The van der Waals surface area contributed by atoms with Crippen molar-refractivity contribution in [2.24, 2.45) is 0 Å². The number of anilines is 2. The summed E-state index contributed by atoms with van der Waals surface area (Å²) in [5, 5.41) is 6.60. The number of aromatic nitrogens is 1. The van der Waals surface area contributed by atoms with Crippen LogP contribution < -0.4 is 14.8 Å². The van der Waals surface area contributed by atoms with Gasteiger partial charge in [0.25, 0.3) is 10.0 Å². The number of methoxy groups -OCH3 is 1. The lowest BCUT2D eigenvalue weighted by atomic mass is 10.0. The van der Waals surface area contributed by atoms with Gasteiger partial charge in [0, 0.05) is 12.6 Å². The second-order valence-corrected chi connectivity index (χ2v) is 8.54. The molecule has 1 amide bonds. The molecule has 164 valence electrons. The second kappa shape index (κ2) is 9.22. The van der Waals surface area contributed by atoms with Crippen molar-refractivity contribution >= 4 is 27.5 Å². The molecule has 8 nitrogen and oxygen atoms in total. The SMILES string of the molecule is CCc1cccc(NS(=O)(=O)c2cc(-c3c(CC)noc3NC(C)=O)ccc2OC)c1. The average Bonchev–Trinajstić information content (AvgIpc) is 3.14. The van der Waals surface area contributed by atoms with Crippen molar-refractivity contribution in [2.75, 3.05) is 17.1 Å². The molecule has 0 atom stereocenters. The van der Waals surface area contributed by atoms with Gasteiger partial charge in [-0.2, -0.15) is 0 Å². The first kappa shape index (κ1) is 22.4. The summed E-state index contributed by atoms with van der Waals surface area (Å²) in [5.74, 6) is 0.0406. The van der Waals surface area contributed by atoms with Crippen LogP contribution in [0, 0.1) is 0 Å². The second-order valence-electron chi connectivity index (χ2n) is 6.89. The van der Waals surface area contributed by atoms with Crippen LogP contribution in [0.25, 0.3) is 11.1 Å². The Morgan fingerprint density at radius 1 is 1.13 bits per heavy atom. The number of sulfonamides is 1. The number of benzene rings is 2. The Morgan fingerprint density at radius 2 is 1.90 bits per heavy atom. The van der Waals surface area contributed by atoms with E-state index >= 15 is 0 Å². The van der Waals surface area contributed by atoms with E-state index in [-0.39, 0.29) is 22.4 Å². The minimum atomic E-state index is -3.96. The molecule has 31 heavy (non-hydrogen) atoms. The number of amides is 1. The third-order valence-electron chi connectivity index (χ3n) is 4.72. The number of nitrogens with zero attached hydrogens (tertiary/aromatic N) is 1. The highest BCUT2D eigenvalue weighted by atomic mass is 32.2. The van der Waals surface area contributed by atoms with Gasteiger partial charge in [0.15, 0.2) is 0 Å². The number of hydrogen-bond donors (Lipinski definition) is 2. The largest absolute Gasteiger partial charge is 0.495 e. The maximum atomic E-state index is 13.2. The Morgan fingerprint density at radius 3 is 2.55 bits per heavy atom. The van der Waals surface area contributed by atoms with Gasteiger partial charge in [-0.15, -0.1) is 0 Å². The van der Waals surface area contributed by atoms with Crippen LogP contribution in [0.1, 0.15) is 32.0 Å². The highest BCUT2D eigenvalue weighted by Gasteiger charge is 2.24. The maximum Gasteiger partial charge on any atom is 0.265 e. The number of hydrogen-bond acceptors (Lipinski definition) is 6. The average molecular weight is 444 g/mol. The Bertz CT molecular complexity index is 1200. The Labute approximate surface area is 181 Å². The van der Waals surface area contributed by atoms with Crippen molar-refractivity contribution < 1.29 is 22.5 Å². The van der Waals surface area contributed by atoms with Crippen molar-refractivity contribution in [3.05, 3.63) is 53.7 Å². The Balaban J connectivity index is 2.09. The fraction of sp³-hybridized carbons (Fsp3) is 0.273. The van der Waals surface area contributed by atoms with Crippen LogP contribution >= 0.6 is 0 Å². The first-order valence-electron chi connectivity index (χ1n) is 9.85. The molecule has 1 heterocycles. The molecular formula is C22H25N3O5S. The molecule has 0 aliphatic carbocycles. The molecule has 1 aromatic heterocycles. The molecule has 3 rings (SSSR count). The number of ether oxygens (including phenoxy) is 1. The van der Waals surface area contributed by atoms with Crippen molar-refractivity contribution in [1.82, 2.24) is 5.16 Å². The summed E-state index contributed by atoms with van der Waals surface area (Å²) in [6.07, 6.45) is 1.32. The molecule has 0 radical (unpaired) electrons. The van der Waals surface area contributed by atoms with E-state index in [0.29, 0.717) is 28.9 Å². The molecule has 9 heteroatoms. The van der Waals surface area contributed by atoms with E-state index in [1.54, 1.807) is 30.3 Å². The zero-order valence-corrected chi connectivity index (χ0v) is 18.7. The van der Waals surface area contributed by atoms with Gasteiger partial charge in [0.2, 0.25) is 11.8 Å². The summed E-state index contributed by atoms with van der Waals surface area (Å²) in [4.78, 5) is 11.5. The van der Waals surface area contributed by atoms with Gasteiger partial charge in [0.1, 0.15) is 10.6 Å². The van der Waals surface area contributed by atoms with E-state index in [0.717, 1.165) is 12.0 Å². The zero-order valence-electron chi connectivity index (χ0n) is 17.9. The standard InChI is InChI=1S/C22H25N3O5S/c1-5-15-8-7-9-17(12-15)25-31(27,28)20-13-16(10-11-19(20)29-4)21-18(6-2)24-30-22(21)23-14(3)26/h7-13,25H,5-6H2,1-4H3,(H,23,26). The smallest absolute Gasteiger partial charge is 0.265 e. The Kier molecular flexibility index (Phi) is 6.65. The van der Waals surface area contributed by atoms with E-state index in [1.807, 2.05) is 19.9 Å². The summed E-state index contributed by atoms with van der Waals surface area (Å²) in [6, 6.07) is 12.0. The summed E-state index contributed by atoms with van der Waals surface area (Å²) >= 11 is 0. The lowest BCUT2D eigenvalue weighted by molar-refractivity contribution is -0.114. The van der Waals surface area contributed by atoms with Gasteiger partial charge < -0.3 is 9.26 Å². The Hall–Kier alpha value is -3.33. The van der Waals surface area contributed by atoms with Crippen molar-refractivity contribution in [2.45, 2.75) is 38.5 Å². The number of nitrogens with one attached hydrogen (secondary N) is 2. The van der Waals surface area contributed by atoms with E-state index in [4.69, 9.17) is 9.26 Å². The van der Waals surface area contributed by atoms with Crippen LogP contribution in [0.5, 0.6) is 5.75 Å². The summed E-state index contributed by atoms with van der Waals surface area (Å²) < 4.78 is 39.6. The van der Waals surface area contributed by atoms with Crippen LogP contribution in [-0.2, 0) is 27.7 Å². The molecule has 0 saturated heterocycles. The molecular weight excluding hydrogens is 418 g/mol. The van der Waals surface area contributed by atoms with Crippen molar-refractivity contribution in [3.8, 4) is 16.9 Å². The lowest BCUT2D eigenvalue weighted by Crippen LogP contribution is -2.14. The number of aryl methyl sites for hydroxylation is 2. The van der Waals surface area contributed by atoms with Crippen LogP contribution in [0.3, 0.4) is 0 Å². The number of rotatable bonds is 8. The van der Waals surface area contributed by atoms with E-state index < -0.39 is 10.0 Å². The quantitative estimate of drug-likeness (QED) is 0.539. The van der Waals surface area contributed by atoms with Gasteiger partial charge in [-0.25, -0.2) is 8.42 Å². The van der Waals surface area contributed by atoms with Crippen molar-refractivity contribution in [3.63, 3.8) is 0 Å². The van der Waals surface area contributed by atoms with Crippen LogP contribution in [0.2, 0.25) is 0 Å². The first-order chi connectivity index (χ1) is 14.8. The molecule has 0 saturated carbocycles. The van der Waals surface area contributed by atoms with E-state index in [9.17, 15) is 13.2 Å². The zero-order chi connectivity index (χ0) is 22.6. The molecule has 0 bridgehead atoms. The maximum absolute atomic E-state index is 13.2. The first-order valence-corrected chi connectivity index (χ1v) is 11.3. The normalized spacial score (nSPS) is 11.2. The molecule has 0 aliphatic heterocycles. The summed E-state index contributed by atoms with van der Waals surface area (Å²) in [5.41, 5.74) is 3.14. The summed E-state index contributed by atoms with van der Waals surface area (Å²) in [6.45, 7) is 5.25. The number of carbonyl (C=O) groups is 1. The fourth-order valence-corrected chi connectivity index (χ4v) is 4.46. The minimum absolute atomic E-state index is 0.0357. The lowest BCUT2D eigenvalue weighted by Gasteiger charge is -2.14. The van der Waals surface area contributed by atoms with E-state index in [2.05, 4.69) is 15.2 Å². The van der Waals surface area contributed by atoms with Gasteiger partial charge in [-0.3, -0.25) is 14.8 Å². The predicted octanol–water partition coefficient (Wildman–Crippen LogP) is 4.23. The van der Waals surface area contributed by atoms with E-state index in [1.165, 1.54) is 20.1 Å². The third-order valence-corrected chi connectivity index (χ3v) is 6.12. The van der Waals surface area contributed by atoms with Gasteiger partial charge in [-0.05, 0) is 48.2 Å². The molecule has 0 unspecified atom stereocenters. The fourth-order valence-electron chi connectivity index (χ4n) is 3.21. The molecule has 2 aromatic carbocycles. The third kappa shape index (κ3) is 4.88. The van der Waals surface area contributed by atoms with Gasteiger partial charge in [0.05, 0.1) is 18.4 Å². The van der Waals surface area contributed by atoms with Crippen LogP contribution in [-0.4, -0.2) is 26.6 Å². The molecule has 0 fully saturated rings. The van der Waals surface area contributed by atoms with Crippen LogP contribution in [0.15, 0.2) is 51.9 Å². The monoisotopic (exact) mass is 443 g/mol. The number of carbonyl (C=O) groups excluding carboxylic acids is 1. The van der Waals surface area contributed by atoms with Crippen molar-refractivity contribution in [1.29, 1.82) is 0 Å².